The summed E-state index contributed by atoms with van der Waals surface area (Å²) in [6, 6.07) is 3.86. The summed E-state index contributed by atoms with van der Waals surface area (Å²) in [7, 11) is 3.52. The number of isocyanates is 1. The van der Waals surface area contributed by atoms with Crippen molar-refractivity contribution in [1.29, 1.82) is 0 Å². The molecule has 0 N–H and O–H groups in total. The number of ether oxygens (including phenoxy) is 1. The third-order valence-electron chi connectivity index (χ3n) is 2.66. The van der Waals surface area contributed by atoms with Crippen molar-refractivity contribution in [2.24, 2.45) is 12.0 Å². The molecule has 0 aliphatic heterocycles. The fourth-order valence-electron chi connectivity index (χ4n) is 1.96. The molecular formula is C12H12N2O2. The van der Waals surface area contributed by atoms with E-state index in [1.165, 1.54) is 0 Å². The van der Waals surface area contributed by atoms with E-state index in [9.17, 15) is 4.79 Å². The standard InChI is InChI=1S/C12H12N2O2/c1-8-4-5-10(16-3)12-11(8)9(13-7-15)6-14(12)2/h4-6H,1-3H3. The van der Waals surface area contributed by atoms with Gasteiger partial charge < -0.3 is 9.30 Å². The monoisotopic (exact) mass is 216 g/mol. The first-order valence-corrected chi connectivity index (χ1v) is 4.89. The molecule has 0 unspecified atom stereocenters. The number of rotatable bonds is 2. The molecule has 0 saturated carbocycles. The van der Waals surface area contributed by atoms with Crippen LogP contribution in [0.3, 0.4) is 0 Å². The minimum Gasteiger partial charge on any atom is -0.495 e. The van der Waals surface area contributed by atoms with Gasteiger partial charge in [-0.1, -0.05) is 6.07 Å². The molecule has 2 aromatic rings. The third-order valence-corrected chi connectivity index (χ3v) is 2.66. The molecule has 1 aromatic carbocycles. The van der Waals surface area contributed by atoms with Crippen LogP contribution in [0.2, 0.25) is 0 Å². The zero-order valence-electron chi connectivity index (χ0n) is 9.44. The van der Waals surface area contributed by atoms with Crippen LogP contribution in [-0.4, -0.2) is 17.8 Å². The molecule has 0 saturated heterocycles. The highest BCUT2D eigenvalue weighted by Gasteiger charge is 2.12. The summed E-state index contributed by atoms with van der Waals surface area (Å²) in [6.45, 7) is 1.98. The number of aryl methyl sites for hydroxylation is 2. The van der Waals surface area contributed by atoms with Gasteiger partial charge >= 0.3 is 0 Å². The molecular weight excluding hydrogens is 204 g/mol. The Labute approximate surface area is 93.2 Å². The number of methoxy groups -OCH3 is 1. The van der Waals surface area contributed by atoms with Gasteiger partial charge in [0.15, 0.2) is 0 Å². The Bertz CT molecular complexity index is 593. The van der Waals surface area contributed by atoms with Crippen LogP contribution in [0, 0.1) is 6.92 Å². The van der Waals surface area contributed by atoms with Crippen LogP contribution in [0.1, 0.15) is 5.56 Å². The van der Waals surface area contributed by atoms with Crippen molar-refractivity contribution in [3.05, 3.63) is 23.9 Å². The fourth-order valence-corrected chi connectivity index (χ4v) is 1.96. The highest BCUT2D eigenvalue weighted by Crippen LogP contribution is 2.36. The number of fused-ring (bicyclic) bond motifs is 1. The van der Waals surface area contributed by atoms with Crippen molar-refractivity contribution in [2.75, 3.05) is 7.11 Å². The van der Waals surface area contributed by atoms with Gasteiger partial charge in [-0.3, -0.25) is 0 Å². The van der Waals surface area contributed by atoms with Crippen LogP contribution in [0.25, 0.3) is 10.9 Å². The largest absolute Gasteiger partial charge is 0.495 e. The van der Waals surface area contributed by atoms with Gasteiger partial charge in [0, 0.05) is 18.6 Å². The number of carbonyl (C=O) groups excluding carboxylic acids is 1. The van der Waals surface area contributed by atoms with Crippen molar-refractivity contribution in [3.8, 4) is 5.75 Å². The molecule has 1 heterocycles. The van der Waals surface area contributed by atoms with E-state index in [1.54, 1.807) is 19.4 Å². The summed E-state index contributed by atoms with van der Waals surface area (Å²) in [6.07, 6.45) is 3.37. The first kappa shape index (κ1) is 10.5. The van der Waals surface area contributed by atoms with Gasteiger partial charge in [-0.15, -0.1) is 0 Å². The van der Waals surface area contributed by atoms with Gasteiger partial charge in [-0.25, -0.2) is 4.79 Å². The Morgan fingerprint density at radius 2 is 2.19 bits per heavy atom. The SMILES string of the molecule is COc1ccc(C)c2c(N=C=O)cn(C)c12. The van der Waals surface area contributed by atoms with E-state index < -0.39 is 0 Å². The first-order valence-electron chi connectivity index (χ1n) is 4.89. The second kappa shape index (κ2) is 3.83. The first-order chi connectivity index (χ1) is 7.69. The van der Waals surface area contributed by atoms with Crippen LogP contribution in [0.15, 0.2) is 23.3 Å². The van der Waals surface area contributed by atoms with Crippen molar-refractivity contribution in [1.82, 2.24) is 4.57 Å². The van der Waals surface area contributed by atoms with Gasteiger partial charge in [0.25, 0.3) is 0 Å². The lowest BCUT2D eigenvalue weighted by molar-refractivity contribution is 0.418. The molecule has 1 aromatic heterocycles. The van der Waals surface area contributed by atoms with Crippen LogP contribution < -0.4 is 4.74 Å². The summed E-state index contributed by atoms with van der Waals surface area (Å²) >= 11 is 0. The number of nitrogens with zero attached hydrogens (tertiary/aromatic N) is 2. The van der Waals surface area contributed by atoms with Gasteiger partial charge in [0.05, 0.1) is 12.6 Å². The van der Waals surface area contributed by atoms with E-state index in [1.807, 2.05) is 30.7 Å². The average molecular weight is 216 g/mol. The van der Waals surface area contributed by atoms with Crippen LogP contribution in [-0.2, 0) is 11.8 Å². The molecule has 0 spiro atoms. The Kier molecular flexibility index (Phi) is 2.50. The second-order valence-electron chi connectivity index (χ2n) is 3.64. The highest BCUT2D eigenvalue weighted by molar-refractivity contribution is 5.98. The molecule has 16 heavy (non-hydrogen) atoms. The predicted octanol–water partition coefficient (Wildman–Crippen LogP) is 2.46. The van der Waals surface area contributed by atoms with Gasteiger partial charge in [-0.2, -0.15) is 4.99 Å². The minimum absolute atomic E-state index is 0.629. The normalized spacial score (nSPS) is 10.2. The topological polar surface area (TPSA) is 43.6 Å². The molecule has 0 amide bonds. The summed E-state index contributed by atoms with van der Waals surface area (Å²) < 4.78 is 7.19. The maximum Gasteiger partial charge on any atom is 0.240 e. The van der Waals surface area contributed by atoms with Crippen LogP contribution in [0.4, 0.5) is 5.69 Å². The number of aliphatic imine (C=N–C) groups is 1. The van der Waals surface area contributed by atoms with Gasteiger partial charge in [0.1, 0.15) is 11.4 Å². The van der Waals surface area contributed by atoms with E-state index in [0.29, 0.717) is 5.69 Å². The van der Waals surface area contributed by atoms with Gasteiger partial charge in [-0.05, 0) is 18.6 Å². The van der Waals surface area contributed by atoms with Crippen molar-refractivity contribution in [2.45, 2.75) is 6.92 Å². The zero-order chi connectivity index (χ0) is 11.7. The minimum atomic E-state index is 0.629. The molecule has 0 bridgehead atoms. The number of aromatic nitrogens is 1. The van der Waals surface area contributed by atoms with Crippen molar-refractivity contribution < 1.29 is 9.53 Å². The molecule has 0 aliphatic rings. The van der Waals surface area contributed by atoms with Crippen LogP contribution >= 0.6 is 0 Å². The summed E-state index contributed by atoms with van der Waals surface area (Å²) in [5.41, 5.74) is 2.63. The summed E-state index contributed by atoms with van der Waals surface area (Å²) in [5, 5.41) is 0.935. The molecule has 0 aliphatic carbocycles. The lowest BCUT2D eigenvalue weighted by Gasteiger charge is -2.06. The maximum atomic E-state index is 10.4. The molecule has 0 atom stereocenters. The fraction of sp³-hybridized carbons (Fsp3) is 0.250. The van der Waals surface area contributed by atoms with E-state index >= 15 is 0 Å². The quantitative estimate of drug-likeness (QED) is 0.571. The Morgan fingerprint density at radius 3 is 2.81 bits per heavy atom. The molecule has 0 fully saturated rings. The number of benzene rings is 1. The molecule has 82 valence electrons. The second-order valence-corrected chi connectivity index (χ2v) is 3.64. The molecule has 4 heteroatoms. The van der Waals surface area contributed by atoms with E-state index in [-0.39, 0.29) is 0 Å². The molecule has 2 rings (SSSR count). The third kappa shape index (κ3) is 1.40. The average Bonchev–Trinajstić information content (AvgIpc) is 2.59. The zero-order valence-corrected chi connectivity index (χ0v) is 9.44. The smallest absolute Gasteiger partial charge is 0.240 e. The number of hydrogen-bond acceptors (Lipinski definition) is 3. The Balaban J connectivity index is 2.93. The van der Waals surface area contributed by atoms with E-state index in [2.05, 4.69) is 4.99 Å². The summed E-state index contributed by atoms with van der Waals surface area (Å²) in [5.74, 6) is 0.774. The lowest BCUT2D eigenvalue weighted by atomic mass is 10.1. The van der Waals surface area contributed by atoms with Crippen LogP contribution in [0.5, 0.6) is 5.75 Å². The van der Waals surface area contributed by atoms with E-state index in [4.69, 9.17) is 4.74 Å². The van der Waals surface area contributed by atoms with Gasteiger partial charge in [0.2, 0.25) is 6.08 Å². The highest BCUT2D eigenvalue weighted by atomic mass is 16.5. The Morgan fingerprint density at radius 1 is 1.44 bits per heavy atom. The van der Waals surface area contributed by atoms with Crippen molar-refractivity contribution >= 4 is 22.7 Å². The lowest BCUT2D eigenvalue weighted by Crippen LogP contribution is -1.90. The van der Waals surface area contributed by atoms with E-state index in [0.717, 1.165) is 22.2 Å². The predicted molar refractivity (Wildman–Crippen MR) is 62.0 cm³/mol. The van der Waals surface area contributed by atoms with Crippen molar-refractivity contribution in [3.63, 3.8) is 0 Å². The summed E-state index contributed by atoms with van der Waals surface area (Å²) in [4.78, 5) is 14.1. The number of hydrogen-bond donors (Lipinski definition) is 0. The molecule has 4 nitrogen and oxygen atoms in total. The maximum absolute atomic E-state index is 10.4. The Hall–Kier alpha value is -2.06. The molecule has 0 radical (unpaired) electrons.